The molecule has 0 spiro atoms. The van der Waals surface area contributed by atoms with Gasteiger partial charge in [-0.15, -0.1) is 0 Å². The molecule has 0 bridgehead atoms. The van der Waals surface area contributed by atoms with Gasteiger partial charge in [0.1, 0.15) is 0 Å². The summed E-state index contributed by atoms with van der Waals surface area (Å²) in [4.78, 5) is 11.2. The molecule has 1 N–H and O–H groups in total. The first-order chi connectivity index (χ1) is 7.95. The lowest BCUT2D eigenvalue weighted by atomic mass is 10.1. The van der Waals surface area contributed by atoms with Crippen LogP contribution in [0.4, 0.5) is 5.69 Å². The van der Waals surface area contributed by atoms with Gasteiger partial charge >= 0.3 is 10.2 Å². The fourth-order valence-electron chi connectivity index (χ4n) is 1.95. The van der Waals surface area contributed by atoms with Crippen molar-refractivity contribution in [2.24, 2.45) is 0 Å². The molecule has 0 radical (unpaired) electrons. The highest BCUT2D eigenvalue weighted by Crippen LogP contribution is 2.30. The van der Waals surface area contributed by atoms with Crippen molar-refractivity contribution in [3.63, 3.8) is 0 Å². The van der Waals surface area contributed by atoms with E-state index in [0.29, 0.717) is 24.2 Å². The van der Waals surface area contributed by atoms with Crippen molar-refractivity contribution in [1.82, 2.24) is 4.72 Å². The van der Waals surface area contributed by atoms with E-state index in [1.54, 1.807) is 18.2 Å². The topological polar surface area (TPSA) is 66.5 Å². The molecule has 1 heterocycles. The molecule has 5 nitrogen and oxygen atoms in total. The zero-order chi connectivity index (χ0) is 12.6. The molecule has 0 aliphatic carbocycles. The van der Waals surface area contributed by atoms with E-state index in [1.807, 2.05) is 0 Å². The summed E-state index contributed by atoms with van der Waals surface area (Å²) in [6.45, 7) is 1.92. The number of anilines is 1. The molecule has 1 aromatic carbocycles. The molecular formula is C11H14N2O3S. The Labute approximate surface area is 101 Å². The molecule has 1 aromatic rings. The molecular weight excluding hydrogens is 240 g/mol. The van der Waals surface area contributed by atoms with Gasteiger partial charge in [0.25, 0.3) is 0 Å². The number of hydrogen-bond acceptors (Lipinski definition) is 3. The van der Waals surface area contributed by atoms with Gasteiger partial charge in [-0.3, -0.25) is 9.10 Å². The van der Waals surface area contributed by atoms with Crippen LogP contribution in [0.2, 0.25) is 0 Å². The monoisotopic (exact) mass is 254 g/mol. The highest BCUT2D eigenvalue weighted by atomic mass is 32.2. The van der Waals surface area contributed by atoms with Gasteiger partial charge < -0.3 is 0 Å². The van der Waals surface area contributed by atoms with E-state index in [2.05, 4.69) is 4.72 Å². The van der Waals surface area contributed by atoms with Gasteiger partial charge in [-0.05, 0) is 37.1 Å². The molecule has 92 valence electrons. The summed E-state index contributed by atoms with van der Waals surface area (Å²) in [6.07, 6.45) is 0.636. The summed E-state index contributed by atoms with van der Waals surface area (Å²) in [5.41, 5.74) is 2.17. The summed E-state index contributed by atoms with van der Waals surface area (Å²) < 4.78 is 27.1. The number of carbonyl (C=O) groups is 1. The smallest absolute Gasteiger partial charge is 0.295 e. The summed E-state index contributed by atoms with van der Waals surface area (Å²) in [7, 11) is -2.06. The molecule has 6 heteroatoms. The van der Waals surface area contributed by atoms with Crippen molar-refractivity contribution in [2.75, 3.05) is 17.9 Å². The van der Waals surface area contributed by atoms with Gasteiger partial charge in [0.2, 0.25) is 0 Å². The fraction of sp³-hybridized carbons (Fsp3) is 0.364. The van der Waals surface area contributed by atoms with E-state index >= 15 is 0 Å². The second kappa shape index (κ2) is 4.12. The van der Waals surface area contributed by atoms with Crippen molar-refractivity contribution in [3.05, 3.63) is 29.3 Å². The van der Waals surface area contributed by atoms with Crippen molar-refractivity contribution in [3.8, 4) is 0 Å². The predicted molar refractivity (Wildman–Crippen MR) is 65.5 cm³/mol. The first-order valence-electron chi connectivity index (χ1n) is 5.31. The molecule has 0 amide bonds. The minimum absolute atomic E-state index is 0.0114. The second-order valence-corrected chi connectivity index (χ2v) is 5.73. The van der Waals surface area contributed by atoms with Crippen LogP contribution in [0.15, 0.2) is 18.2 Å². The van der Waals surface area contributed by atoms with E-state index in [1.165, 1.54) is 18.3 Å². The van der Waals surface area contributed by atoms with Crippen LogP contribution >= 0.6 is 0 Å². The number of nitrogens with one attached hydrogen (secondary N) is 1. The molecule has 0 saturated carbocycles. The maximum absolute atomic E-state index is 11.7. The second-order valence-electron chi connectivity index (χ2n) is 3.93. The number of fused-ring (bicyclic) bond motifs is 1. The molecule has 0 atom stereocenters. The van der Waals surface area contributed by atoms with E-state index in [0.717, 1.165) is 5.56 Å². The molecule has 1 aliphatic heterocycles. The Morgan fingerprint density at radius 1 is 1.41 bits per heavy atom. The van der Waals surface area contributed by atoms with Crippen LogP contribution in [0.25, 0.3) is 0 Å². The van der Waals surface area contributed by atoms with Crippen molar-refractivity contribution < 1.29 is 13.2 Å². The van der Waals surface area contributed by atoms with E-state index in [9.17, 15) is 13.2 Å². The number of Topliss-reactive ketones (excluding diaryl/α,β-unsaturated/α-hetero) is 1. The van der Waals surface area contributed by atoms with Gasteiger partial charge in [-0.1, -0.05) is 0 Å². The van der Waals surface area contributed by atoms with Gasteiger partial charge in [0, 0.05) is 19.2 Å². The number of carbonyl (C=O) groups excluding carboxylic acids is 1. The SMILES string of the molecule is CNS(=O)(=O)N1CCc2cc(C(C)=O)ccc21. The summed E-state index contributed by atoms with van der Waals surface area (Å²) in [6, 6.07) is 5.11. The maximum Gasteiger partial charge on any atom is 0.301 e. The Balaban J connectivity index is 2.44. The van der Waals surface area contributed by atoms with Crippen molar-refractivity contribution in [2.45, 2.75) is 13.3 Å². The number of hydrogen-bond donors (Lipinski definition) is 1. The third-order valence-corrected chi connectivity index (χ3v) is 4.36. The maximum atomic E-state index is 11.7. The molecule has 1 aliphatic rings. The number of nitrogens with zero attached hydrogens (tertiary/aromatic N) is 1. The van der Waals surface area contributed by atoms with Gasteiger partial charge in [-0.2, -0.15) is 8.42 Å². The lowest BCUT2D eigenvalue weighted by molar-refractivity contribution is 0.101. The largest absolute Gasteiger partial charge is 0.301 e. The Kier molecular flexibility index (Phi) is 2.92. The molecule has 0 unspecified atom stereocenters. The lowest BCUT2D eigenvalue weighted by Gasteiger charge is -2.18. The summed E-state index contributed by atoms with van der Waals surface area (Å²) in [5, 5.41) is 0. The minimum atomic E-state index is -3.45. The first-order valence-corrected chi connectivity index (χ1v) is 6.75. The molecule has 2 rings (SSSR count). The van der Waals surface area contributed by atoms with Gasteiger partial charge in [0.15, 0.2) is 5.78 Å². The summed E-state index contributed by atoms with van der Waals surface area (Å²) >= 11 is 0. The van der Waals surface area contributed by atoms with E-state index in [4.69, 9.17) is 0 Å². The Morgan fingerprint density at radius 3 is 2.71 bits per heavy atom. The van der Waals surface area contributed by atoms with Crippen LogP contribution in [0.3, 0.4) is 0 Å². The minimum Gasteiger partial charge on any atom is -0.295 e. The van der Waals surface area contributed by atoms with Gasteiger partial charge in [0.05, 0.1) is 5.69 Å². The van der Waals surface area contributed by atoms with Crippen LogP contribution in [-0.4, -0.2) is 27.8 Å². The Morgan fingerprint density at radius 2 is 2.12 bits per heavy atom. The van der Waals surface area contributed by atoms with Crippen molar-refractivity contribution >= 4 is 21.7 Å². The highest BCUT2D eigenvalue weighted by Gasteiger charge is 2.28. The van der Waals surface area contributed by atoms with Gasteiger partial charge in [-0.25, -0.2) is 4.72 Å². The average Bonchev–Trinajstić information content (AvgIpc) is 2.72. The quantitative estimate of drug-likeness (QED) is 0.808. The van der Waals surface area contributed by atoms with Crippen LogP contribution in [0.1, 0.15) is 22.8 Å². The number of rotatable bonds is 3. The highest BCUT2D eigenvalue weighted by molar-refractivity contribution is 7.90. The normalized spacial score (nSPS) is 14.8. The molecule has 0 saturated heterocycles. The van der Waals surface area contributed by atoms with Crippen molar-refractivity contribution in [1.29, 1.82) is 0 Å². The van der Waals surface area contributed by atoms with Crippen LogP contribution < -0.4 is 9.03 Å². The van der Waals surface area contributed by atoms with Crippen LogP contribution in [-0.2, 0) is 16.6 Å². The molecule has 0 fully saturated rings. The Bertz CT molecular complexity index is 566. The lowest BCUT2D eigenvalue weighted by Crippen LogP contribution is -2.37. The predicted octanol–water partition coefficient (Wildman–Crippen LogP) is 0.716. The third kappa shape index (κ3) is 2.05. The third-order valence-electron chi connectivity index (χ3n) is 2.89. The number of ketones is 1. The van der Waals surface area contributed by atoms with Crippen LogP contribution in [0.5, 0.6) is 0 Å². The Hall–Kier alpha value is -1.40. The van der Waals surface area contributed by atoms with E-state index < -0.39 is 10.2 Å². The molecule has 17 heavy (non-hydrogen) atoms. The number of benzene rings is 1. The molecule has 0 aromatic heterocycles. The summed E-state index contributed by atoms with van der Waals surface area (Å²) in [5.74, 6) is -0.0114. The zero-order valence-corrected chi connectivity index (χ0v) is 10.5. The standard InChI is InChI=1S/C11H14N2O3S/c1-8(14)9-3-4-11-10(7-9)5-6-13(11)17(15,16)12-2/h3-4,7,12H,5-6H2,1-2H3. The zero-order valence-electron chi connectivity index (χ0n) is 9.73. The fourth-order valence-corrected chi connectivity index (χ4v) is 2.94. The first kappa shape index (κ1) is 12.1. The average molecular weight is 254 g/mol. The van der Waals surface area contributed by atoms with Crippen LogP contribution in [0, 0.1) is 0 Å². The van der Waals surface area contributed by atoms with E-state index in [-0.39, 0.29) is 5.78 Å².